The highest BCUT2D eigenvalue weighted by atomic mass is 15.1. The molecule has 0 bridgehead atoms. The minimum absolute atomic E-state index is 0.190. The zero-order valence-corrected chi connectivity index (χ0v) is 9.62. The smallest absolute Gasteiger partial charge is 0.120 e. The first kappa shape index (κ1) is 10.0. The first-order valence-electron chi connectivity index (χ1n) is 5.64. The van der Waals surface area contributed by atoms with Crippen molar-refractivity contribution in [1.29, 1.82) is 0 Å². The predicted octanol–water partition coefficient (Wildman–Crippen LogP) is 2.81. The summed E-state index contributed by atoms with van der Waals surface area (Å²) in [6.45, 7) is 0. The van der Waals surface area contributed by atoms with Gasteiger partial charge in [-0.15, -0.1) is 0 Å². The molecule has 1 aliphatic rings. The van der Waals surface area contributed by atoms with Crippen LogP contribution >= 0.6 is 0 Å². The molecular weight excluding hydrogens is 210 g/mol. The van der Waals surface area contributed by atoms with Crippen molar-refractivity contribution in [3.63, 3.8) is 0 Å². The highest BCUT2D eigenvalue weighted by Crippen LogP contribution is 2.23. The van der Waals surface area contributed by atoms with Crippen LogP contribution in [0.3, 0.4) is 0 Å². The molecule has 2 aromatic rings. The van der Waals surface area contributed by atoms with Gasteiger partial charge in [0.05, 0.1) is 17.0 Å². The van der Waals surface area contributed by atoms with Gasteiger partial charge in [0.2, 0.25) is 0 Å². The van der Waals surface area contributed by atoms with Crippen molar-refractivity contribution >= 4 is 17.2 Å². The van der Waals surface area contributed by atoms with Crippen LogP contribution in [0.4, 0.5) is 0 Å². The highest BCUT2D eigenvalue weighted by molar-refractivity contribution is 5.76. The largest absolute Gasteiger partial charge is 0.330 e. The average molecular weight is 223 g/mol. The molecular formula is C14H13N3. The van der Waals surface area contributed by atoms with E-state index >= 15 is 0 Å². The van der Waals surface area contributed by atoms with Crippen LogP contribution in [0.5, 0.6) is 0 Å². The van der Waals surface area contributed by atoms with Crippen molar-refractivity contribution < 1.29 is 0 Å². The van der Waals surface area contributed by atoms with E-state index in [0.29, 0.717) is 0 Å². The Kier molecular flexibility index (Phi) is 2.37. The molecule has 1 atom stereocenters. The molecule has 1 aromatic heterocycles. The SMILES string of the molecule is Cn1c(C2C=CC=NC=C2)nc2ccccc21. The van der Waals surface area contributed by atoms with Gasteiger partial charge in [0.1, 0.15) is 5.82 Å². The number of para-hydroxylation sites is 2. The maximum absolute atomic E-state index is 4.68. The molecule has 3 nitrogen and oxygen atoms in total. The van der Waals surface area contributed by atoms with E-state index in [-0.39, 0.29) is 5.92 Å². The summed E-state index contributed by atoms with van der Waals surface area (Å²) in [5.41, 5.74) is 2.20. The number of hydrogen-bond acceptors (Lipinski definition) is 2. The van der Waals surface area contributed by atoms with Crippen molar-refractivity contribution in [2.24, 2.45) is 12.0 Å². The second-order valence-electron chi connectivity index (χ2n) is 4.07. The number of aliphatic imine (C=N–C) groups is 1. The Morgan fingerprint density at radius 1 is 1.18 bits per heavy atom. The number of rotatable bonds is 1. The van der Waals surface area contributed by atoms with E-state index in [0.717, 1.165) is 16.9 Å². The second-order valence-corrected chi connectivity index (χ2v) is 4.07. The molecule has 0 aliphatic carbocycles. The molecule has 0 fully saturated rings. The lowest BCUT2D eigenvalue weighted by Crippen LogP contribution is -2.01. The van der Waals surface area contributed by atoms with Gasteiger partial charge in [-0.05, 0) is 18.2 Å². The van der Waals surface area contributed by atoms with Gasteiger partial charge in [0.25, 0.3) is 0 Å². The molecule has 1 unspecified atom stereocenters. The molecule has 0 saturated heterocycles. The van der Waals surface area contributed by atoms with Gasteiger partial charge in [-0.1, -0.05) is 24.3 Å². The molecule has 84 valence electrons. The molecule has 2 heterocycles. The number of fused-ring (bicyclic) bond motifs is 1. The standard InChI is InChI=1S/C14H13N3/c1-17-13-7-3-2-6-12(13)16-14(17)11-5-4-9-15-10-8-11/h2-11H,1H3. The van der Waals surface area contributed by atoms with Crippen LogP contribution in [0.1, 0.15) is 11.7 Å². The van der Waals surface area contributed by atoms with Crippen LogP contribution in [-0.4, -0.2) is 15.8 Å². The number of allylic oxidation sites excluding steroid dienone is 3. The van der Waals surface area contributed by atoms with E-state index in [1.54, 1.807) is 6.21 Å². The first-order valence-corrected chi connectivity index (χ1v) is 5.64. The van der Waals surface area contributed by atoms with Crippen molar-refractivity contribution in [2.45, 2.75) is 5.92 Å². The minimum atomic E-state index is 0.190. The number of aryl methyl sites for hydroxylation is 1. The zero-order valence-electron chi connectivity index (χ0n) is 9.62. The maximum Gasteiger partial charge on any atom is 0.120 e. The summed E-state index contributed by atoms with van der Waals surface area (Å²) in [4.78, 5) is 8.78. The molecule has 1 aromatic carbocycles. The number of aromatic nitrogens is 2. The Labute approximate surface area is 99.8 Å². The van der Waals surface area contributed by atoms with Crippen molar-refractivity contribution in [3.05, 3.63) is 54.5 Å². The zero-order chi connectivity index (χ0) is 11.7. The van der Waals surface area contributed by atoms with Crippen LogP contribution in [0.15, 0.2) is 53.7 Å². The summed E-state index contributed by atoms with van der Waals surface area (Å²) in [6.07, 6.45) is 9.74. The lowest BCUT2D eigenvalue weighted by atomic mass is 10.1. The van der Waals surface area contributed by atoms with E-state index in [1.807, 2.05) is 30.5 Å². The molecule has 0 saturated carbocycles. The maximum atomic E-state index is 4.68. The monoisotopic (exact) mass is 223 g/mol. The summed E-state index contributed by atoms with van der Waals surface area (Å²) in [5.74, 6) is 1.24. The van der Waals surface area contributed by atoms with E-state index < -0.39 is 0 Å². The number of nitrogens with zero attached hydrogens (tertiary/aromatic N) is 3. The number of imidazole rings is 1. The van der Waals surface area contributed by atoms with E-state index in [9.17, 15) is 0 Å². The Hall–Kier alpha value is -2.16. The van der Waals surface area contributed by atoms with Gasteiger partial charge < -0.3 is 4.57 Å². The topological polar surface area (TPSA) is 30.2 Å². The fraction of sp³-hybridized carbons (Fsp3) is 0.143. The molecule has 1 aliphatic heterocycles. The van der Waals surface area contributed by atoms with Crippen LogP contribution in [0, 0.1) is 0 Å². The molecule has 0 spiro atoms. The van der Waals surface area contributed by atoms with Crippen molar-refractivity contribution in [1.82, 2.24) is 9.55 Å². The quantitative estimate of drug-likeness (QED) is 0.731. The minimum Gasteiger partial charge on any atom is -0.330 e. The third-order valence-corrected chi connectivity index (χ3v) is 2.99. The lowest BCUT2D eigenvalue weighted by molar-refractivity contribution is 0.809. The fourth-order valence-corrected chi connectivity index (χ4v) is 2.11. The predicted molar refractivity (Wildman–Crippen MR) is 70.2 cm³/mol. The molecule has 0 amide bonds. The number of benzene rings is 1. The molecule has 3 heteroatoms. The summed E-state index contributed by atoms with van der Waals surface area (Å²) < 4.78 is 2.14. The van der Waals surface area contributed by atoms with Crippen molar-refractivity contribution in [2.75, 3.05) is 0 Å². The van der Waals surface area contributed by atoms with Crippen molar-refractivity contribution in [3.8, 4) is 0 Å². The highest BCUT2D eigenvalue weighted by Gasteiger charge is 2.13. The average Bonchev–Trinajstić information content (AvgIpc) is 2.57. The Morgan fingerprint density at radius 2 is 2.06 bits per heavy atom. The Bertz CT molecular complexity index is 616. The summed E-state index contributed by atoms with van der Waals surface area (Å²) in [7, 11) is 2.05. The van der Waals surface area contributed by atoms with Crippen LogP contribution in [-0.2, 0) is 7.05 Å². The van der Waals surface area contributed by atoms with E-state index in [1.165, 1.54) is 0 Å². The molecule has 0 N–H and O–H groups in total. The summed E-state index contributed by atoms with van der Waals surface area (Å²) >= 11 is 0. The van der Waals surface area contributed by atoms with Gasteiger partial charge in [0.15, 0.2) is 0 Å². The number of hydrogen-bond donors (Lipinski definition) is 0. The Morgan fingerprint density at radius 3 is 2.94 bits per heavy atom. The van der Waals surface area contributed by atoms with E-state index in [2.05, 4.69) is 39.8 Å². The summed E-state index contributed by atoms with van der Waals surface area (Å²) in [6, 6.07) is 8.18. The van der Waals surface area contributed by atoms with Crippen LogP contribution < -0.4 is 0 Å². The van der Waals surface area contributed by atoms with Gasteiger partial charge in [-0.2, -0.15) is 0 Å². The third-order valence-electron chi connectivity index (χ3n) is 2.99. The van der Waals surface area contributed by atoms with E-state index in [4.69, 9.17) is 0 Å². The Balaban J connectivity index is 2.14. The molecule has 3 rings (SSSR count). The normalized spacial score (nSPS) is 18.8. The molecule has 0 radical (unpaired) electrons. The lowest BCUT2D eigenvalue weighted by Gasteiger charge is -2.06. The first-order chi connectivity index (χ1) is 8.36. The van der Waals surface area contributed by atoms with Gasteiger partial charge in [-0.3, -0.25) is 4.99 Å². The summed E-state index contributed by atoms with van der Waals surface area (Å²) in [5, 5.41) is 0. The van der Waals surface area contributed by atoms with Crippen LogP contribution in [0.25, 0.3) is 11.0 Å². The fourth-order valence-electron chi connectivity index (χ4n) is 2.11. The van der Waals surface area contributed by atoms with Gasteiger partial charge in [-0.25, -0.2) is 4.98 Å². The van der Waals surface area contributed by atoms with Gasteiger partial charge in [0, 0.05) is 19.5 Å². The third kappa shape index (κ3) is 1.69. The van der Waals surface area contributed by atoms with Gasteiger partial charge >= 0.3 is 0 Å². The van der Waals surface area contributed by atoms with Crippen LogP contribution in [0.2, 0.25) is 0 Å². The molecule has 17 heavy (non-hydrogen) atoms. The second kappa shape index (κ2) is 4.01.